The number of pyridine rings is 1. The molecule has 0 spiro atoms. The van der Waals surface area contributed by atoms with Crippen LogP contribution in [0.2, 0.25) is 0 Å². The van der Waals surface area contributed by atoms with E-state index in [1.165, 1.54) is 32.0 Å². The number of anilines is 2. The molecule has 1 heterocycles. The highest BCUT2D eigenvalue weighted by molar-refractivity contribution is 5.71. The zero-order valence-electron chi connectivity index (χ0n) is 15.0. The lowest BCUT2D eigenvalue weighted by Gasteiger charge is -2.20. The van der Waals surface area contributed by atoms with Crippen molar-refractivity contribution < 1.29 is 0 Å². The van der Waals surface area contributed by atoms with Crippen molar-refractivity contribution in [1.82, 2.24) is 4.98 Å². The second-order valence-corrected chi connectivity index (χ2v) is 6.43. The topological polar surface area (TPSA) is 61.7 Å². The van der Waals surface area contributed by atoms with Gasteiger partial charge in [0.2, 0.25) is 0 Å². The van der Waals surface area contributed by atoms with Gasteiger partial charge < -0.3 is 10.6 Å². The summed E-state index contributed by atoms with van der Waals surface area (Å²) in [6, 6.07) is 5.09. The monoisotopic (exact) mass is 327 g/mol. The van der Waals surface area contributed by atoms with Gasteiger partial charge >= 0.3 is 0 Å². The lowest BCUT2D eigenvalue weighted by molar-refractivity contribution is 0.743. The average Bonchev–Trinajstić information content (AvgIpc) is 3.09. The summed E-state index contributed by atoms with van der Waals surface area (Å²) in [5, 5.41) is 7.19. The van der Waals surface area contributed by atoms with Crippen LogP contribution in [0.5, 0.6) is 0 Å². The summed E-state index contributed by atoms with van der Waals surface area (Å²) in [6.07, 6.45) is 9.31. The third kappa shape index (κ3) is 5.18. The number of allylic oxidation sites excluding steroid dienone is 1. The van der Waals surface area contributed by atoms with Gasteiger partial charge in [-0.1, -0.05) is 19.8 Å². The normalized spacial score (nSPS) is 17.2. The van der Waals surface area contributed by atoms with E-state index in [4.69, 9.17) is 4.98 Å². The van der Waals surface area contributed by atoms with Gasteiger partial charge in [0.25, 0.3) is 0 Å². The molecule has 130 valence electrons. The Labute approximate surface area is 145 Å². The van der Waals surface area contributed by atoms with E-state index in [1.807, 2.05) is 13.0 Å². The van der Waals surface area contributed by atoms with Crippen LogP contribution in [0.1, 0.15) is 58.6 Å². The van der Waals surface area contributed by atoms with Gasteiger partial charge in [-0.2, -0.15) is 0 Å². The molecule has 1 aliphatic rings. The van der Waals surface area contributed by atoms with Gasteiger partial charge in [-0.25, -0.2) is 9.98 Å². The number of nitrogens with one attached hydrogen (secondary N) is 2. The molecule has 2 N–H and O–H groups in total. The number of nitrogens with zero attached hydrogens (tertiary/aromatic N) is 3. The summed E-state index contributed by atoms with van der Waals surface area (Å²) in [7, 11) is 0. The fraction of sp³-hybridized carbons (Fsp3) is 0.526. The quantitative estimate of drug-likeness (QED) is 0.535. The van der Waals surface area contributed by atoms with Crippen LogP contribution in [-0.4, -0.2) is 30.1 Å². The third-order valence-electron chi connectivity index (χ3n) is 4.43. The molecule has 0 amide bonds. The van der Waals surface area contributed by atoms with Gasteiger partial charge in [0, 0.05) is 18.3 Å². The number of hydrogen-bond acceptors (Lipinski definition) is 4. The smallest absolute Gasteiger partial charge is 0.150 e. The Hall–Kier alpha value is -2.17. The molecule has 1 unspecified atom stereocenters. The van der Waals surface area contributed by atoms with Crippen molar-refractivity contribution in [2.75, 3.05) is 10.6 Å². The van der Waals surface area contributed by atoms with E-state index in [1.54, 1.807) is 6.20 Å². The van der Waals surface area contributed by atoms with Crippen LogP contribution in [-0.2, 0) is 0 Å². The van der Waals surface area contributed by atoms with Gasteiger partial charge in [-0.05, 0) is 57.5 Å². The molecular formula is C19H29N5. The van der Waals surface area contributed by atoms with Crippen LogP contribution in [0, 0.1) is 0 Å². The molecule has 2 rings (SSSR count). The van der Waals surface area contributed by atoms with Crippen LogP contribution in [0.3, 0.4) is 0 Å². The van der Waals surface area contributed by atoms with Gasteiger partial charge in [0.05, 0.1) is 11.4 Å². The van der Waals surface area contributed by atoms with E-state index < -0.39 is 0 Å². The largest absolute Gasteiger partial charge is 0.380 e. The van der Waals surface area contributed by atoms with Gasteiger partial charge in [-0.15, -0.1) is 0 Å². The second-order valence-electron chi connectivity index (χ2n) is 6.43. The average molecular weight is 327 g/mol. The molecule has 1 fully saturated rings. The Balaban J connectivity index is 2.25. The second kappa shape index (κ2) is 9.21. The minimum absolute atomic E-state index is 0.418. The Morgan fingerprint density at radius 3 is 2.83 bits per heavy atom. The highest BCUT2D eigenvalue weighted by atomic mass is 15.1. The SMILES string of the molecule is C=NC=N/C=C(\C)c1ccc(NC(C)CC)c(NC2CCCC2)n1. The van der Waals surface area contributed by atoms with E-state index in [2.05, 4.69) is 47.2 Å². The molecule has 1 aromatic rings. The van der Waals surface area contributed by atoms with E-state index in [0.717, 1.165) is 29.2 Å². The van der Waals surface area contributed by atoms with Crippen LogP contribution >= 0.6 is 0 Å². The first-order chi connectivity index (χ1) is 11.6. The predicted molar refractivity (Wildman–Crippen MR) is 105 cm³/mol. The summed E-state index contributed by atoms with van der Waals surface area (Å²) in [5.74, 6) is 0.943. The fourth-order valence-electron chi connectivity index (χ4n) is 2.79. The number of rotatable bonds is 8. The van der Waals surface area contributed by atoms with Crippen molar-refractivity contribution in [3.63, 3.8) is 0 Å². The summed E-state index contributed by atoms with van der Waals surface area (Å²) in [5.41, 5.74) is 3.00. The Kier molecular flexibility index (Phi) is 6.97. The van der Waals surface area contributed by atoms with E-state index in [9.17, 15) is 0 Å². The molecule has 1 aliphatic carbocycles. The molecule has 1 atom stereocenters. The summed E-state index contributed by atoms with van der Waals surface area (Å²) in [6.45, 7) is 9.76. The van der Waals surface area contributed by atoms with Gasteiger partial charge in [0.1, 0.15) is 12.2 Å². The van der Waals surface area contributed by atoms with E-state index in [0.29, 0.717) is 12.1 Å². The molecule has 0 aromatic carbocycles. The first-order valence-corrected chi connectivity index (χ1v) is 8.82. The maximum atomic E-state index is 4.84. The summed E-state index contributed by atoms with van der Waals surface area (Å²) >= 11 is 0. The zero-order chi connectivity index (χ0) is 17.4. The molecule has 1 saturated carbocycles. The Bertz CT molecular complexity index is 600. The maximum Gasteiger partial charge on any atom is 0.150 e. The minimum Gasteiger partial charge on any atom is -0.380 e. The summed E-state index contributed by atoms with van der Waals surface area (Å²) < 4.78 is 0. The van der Waals surface area contributed by atoms with Crippen molar-refractivity contribution in [3.05, 3.63) is 24.0 Å². The molecule has 1 aromatic heterocycles. The first-order valence-electron chi connectivity index (χ1n) is 8.82. The number of aliphatic imine (C=N–C) groups is 2. The maximum absolute atomic E-state index is 4.84. The van der Waals surface area contributed by atoms with Crippen molar-refractivity contribution >= 4 is 30.1 Å². The van der Waals surface area contributed by atoms with Crippen LogP contribution in [0.4, 0.5) is 11.5 Å². The molecule has 24 heavy (non-hydrogen) atoms. The fourth-order valence-corrected chi connectivity index (χ4v) is 2.79. The molecule has 5 heteroatoms. The third-order valence-corrected chi connectivity index (χ3v) is 4.43. The molecule has 0 radical (unpaired) electrons. The van der Waals surface area contributed by atoms with Crippen LogP contribution in [0.15, 0.2) is 28.3 Å². The van der Waals surface area contributed by atoms with Crippen molar-refractivity contribution in [2.45, 2.75) is 65.0 Å². The number of hydrogen-bond donors (Lipinski definition) is 2. The Morgan fingerprint density at radius 2 is 2.17 bits per heavy atom. The van der Waals surface area contributed by atoms with Crippen molar-refractivity contribution in [1.29, 1.82) is 0 Å². The molecular weight excluding hydrogens is 298 g/mol. The lowest BCUT2D eigenvalue weighted by Crippen LogP contribution is -2.20. The molecule has 0 bridgehead atoms. The van der Waals surface area contributed by atoms with Gasteiger partial charge in [0.15, 0.2) is 0 Å². The molecule has 0 saturated heterocycles. The van der Waals surface area contributed by atoms with Crippen LogP contribution in [0.25, 0.3) is 5.57 Å². The minimum atomic E-state index is 0.418. The molecule has 5 nitrogen and oxygen atoms in total. The van der Waals surface area contributed by atoms with Crippen molar-refractivity contribution in [2.24, 2.45) is 9.98 Å². The zero-order valence-corrected chi connectivity index (χ0v) is 15.0. The summed E-state index contributed by atoms with van der Waals surface area (Å²) in [4.78, 5) is 12.5. The Morgan fingerprint density at radius 1 is 1.42 bits per heavy atom. The lowest BCUT2D eigenvalue weighted by atomic mass is 10.1. The van der Waals surface area contributed by atoms with Gasteiger partial charge in [-0.3, -0.25) is 4.99 Å². The number of aromatic nitrogens is 1. The van der Waals surface area contributed by atoms with E-state index in [-0.39, 0.29) is 0 Å². The highest BCUT2D eigenvalue weighted by Crippen LogP contribution is 2.28. The first kappa shape index (κ1) is 18.2. The van der Waals surface area contributed by atoms with Crippen LogP contribution < -0.4 is 10.6 Å². The van der Waals surface area contributed by atoms with E-state index >= 15 is 0 Å². The predicted octanol–water partition coefficient (Wildman–Crippen LogP) is 4.74. The highest BCUT2D eigenvalue weighted by Gasteiger charge is 2.17. The standard InChI is InChI=1S/C19H29N5/c1-5-15(3)22-18-11-10-17(14(2)12-21-13-20-4)24-19(18)23-16-8-6-7-9-16/h10-13,15-16,22H,4-9H2,1-3H3,(H,23,24)/b14-12+,21-13?. The van der Waals surface area contributed by atoms with Crippen molar-refractivity contribution in [3.8, 4) is 0 Å². The molecule has 0 aliphatic heterocycles.